The number of H-pyrrole nitrogens is 1. The Balaban J connectivity index is 0.00000192. The molecule has 0 radical (unpaired) electrons. The number of aromatic nitrogens is 3. The number of rotatable bonds is 4. The number of imidazole rings is 2. The van der Waals surface area contributed by atoms with Crippen LogP contribution in [0.25, 0.3) is 39.2 Å². The van der Waals surface area contributed by atoms with E-state index in [4.69, 9.17) is 0 Å². The van der Waals surface area contributed by atoms with E-state index in [0.29, 0.717) is 0 Å². The summed E-state index contributed by atoms with van der Waals surface area (Å²) < 4.78 is 4.64. The Hall–Kier alpha value is -3.04. The molecule has 5 aromatic rings. The molecule has 3 nitrogen and oxygen atoms in total. The van der Waals surface area contributed by atoms with Crippen molar-refractivity contribution < 1.29 is 17.0 Å². The predicted octanol–water partition coefficient (Wildman–Crippen LogP) is 2.46. The van der Waals surface area contributed by atoms with E-state index in [0.717, 1.165) is 24.4 Å². The first-order chi connectivity index (χ1) is 13.3. The quantitative estimate of drug-likeness (QED) is 0.458. The molecule has 2 aromatic heterocycles. The van der Waals surface area contributed by atoms with Crippen molar-refractivity contribution in [2.75, 3.05) is 0 Å². The minimum atomic E-state index is 0. The van der Waals surface area contributed by atoms with Crippen molar-refractivity contribution in [3.63, 3.8) is 0 Å². The molecule has 0 aliphatic rings. The van der Waals surface area contributed by atoms with Crippen molar-refractivity contribution in [1.82, 2.24) is 9.38 Å². The van der Waals surface area contributed by atoms with Gasteiger partial charge in [0.05, 0.1) is 6.54 Å². The van der Waals surface area contributed by atoms with E-state index < -0.39 is 0 Å². The molecule has 3 aromatic carbocycles. The summed E-state index contributed by atoms with van der Waals surface area (Å²) in [7, 11) is 0. The summed E-state index contributed by atoms with van der Waals surface area (Å²) in [5.41, 5.74) is 7.34. The Kier molecular flexibility index (Phi) is 4.93. The number of hydrogen-bond acceptors (Lipinski definition) is 0. The number of aryl methyl sites for hydroxylation is 1. The monoisotopic (exact) mass is 387 g/mol. The van der Waals surface area contributed by atoms with Gasteiger partial charge in [-0.15, -0.1) is 0 Å². The Morgan fingerprint density at radius 3 is 2.18 bits per heavy atom. The van der Waals surface area contributed by atoms with Crippen molar-refractivity contribution in [3.8, 4) is 22.4 Å². The lowest BCUT2D eigenvalue weighted by Crippen LogP contribution is -3.00. The average molecular weight is 388 g/mol. The van der Waals surface area contributed by atoms with Gasteiger partial charge in [0.15, 0.2) is 0 Å². The average Bonchev–Trinajstić information content (AvgIpc) is 3.28. The summed E-state index contributed by atoms with van der Waals surface area (Å²) in [4.78, 5) is 3.64. The molecular formula is C24H22ClN3. The summed E-state index contributed by atoms with van der Waals surface area (Å²) in [5.74, 6) is 1.14. The molecule has 140 valence electrons. The molecule has 0 fully saturated rings. The minimum absolute atomic E-state index is 0. The molecule has 0 aliphatic heterocycles. The Bertz CT molecular complexity index is 1220. The first kappa shape index (κ1) is 18.3. The number of fused-ring (bicyclic) bond motifs is 3. The van der Waals surface area contributed by atoms with Crippen LogP contribution in [0, 0.1) is 0 Å². The highest BCUT2D eigenvalue weighted by Gasteiger charge is 2.20. The molecule has 28 heavy (non-hydrogen) atoms. The fraction of sp³-hybridized carbons (Fsp3) is 0.125. The first-order valence-corrected chi connectivity index (χ1v) is 9.52. The van der Waals surface area contributed by atoms with Gasteiger partial charge in [-0.1, -0.05) is 73.7 Å². The fourth-order valence-electron chi connectivity index (χ4n) is 3.86. The highest BCUT2D eigenvalue weighted by molar-refractivity contribution is 5.77. The number of hydrogen-bond donors (Lipinski definition) is 1. The van der Waals surface area contributed by atoms with Crippen LogP contribution in [0.2, 0.25) is 0 Å². The maximum atomic E-state index is 3.64. The van der Waals surface area contributed by atoms with Crippen molar-refractivity contribution in [1.29, 1.82) is 0 Å². The van der Waals surface area contributed by atoms with Gasteiger partial charge in [-0.05, 0) is 29.7 Å². The van der Waals surface area contributed by atoms with Crippen molar-refractivity contribution >= 4 is 16.8 Å². The van der Waals surface area contributed by atoms with Crippen LogP contribution in [0.5, 0.6) is 0 Å². The van der Waals surface area contributed by atoms with Crippen LogP contribution in [0.15, 0.2) is 85.1 Å². The number of nitrogens with zero attached hydrogens (tertiary/aromatic N) is 2. The molecule has 1 N–H and O–H groups in total. The summed E-state index contributed by atoms with van der Waals surface area (Å²) in [6, 6.07) is 27.9. The lowest BCUT2D eigenvalue weighted by molar-refractivity contribution is -0.647. The smallest absolute Gasteiger partial charge is 0.368 e. The molecule has 0 atom stereocenters. The van der Waals surface area contributed by atoms with Crippen LogP contribution in [0.1, 0.15) is 13.3 Å². The van der Waals surface area contributed by atoms with Gasteiger partial charge in [0.2, 0.25) is 0 Å². The largest absolute Gasteiger partial charge is 1.00 e. The van der Waals surface area contributed by atoms with Gasteiger partial charge < -0.3 is 12.4 Å². The minimum Gasteiger partial charge on any atom is -1.00 e. The molecular weight excluding hydrogens is 366 g/mol. The number of aromatic amines is 1. The topological polar surface area (TPSA) is 24.1 Å². The second-order valence-electron chi connectivity index (χ2n) is 6.95. The molecule has 0 spiro atoms. The van der Waals surface area contributed by atoms with E-state index in [-0.39, 0.29) is 12.4 Å². The lowest BCUT2D eigenvalue weighted by Gasteiger charge is -2.02. The third-order valence-electron chi connectivity index (χ3n) is 5.17. The zero-order valence-electron chi connectivity index (χ0n) is 15.8. The summed E-state index contributed by atoms with van der Waals surface area (Å²) in [6.45, 7) is 3.22. The zero-order chi connectivity index (χ0) is 18.2. The Morgan fingerprint density at radius 1 is 0.786 bits per heavy atom. The number of nitrogens with one attached hydrogen (secondary N) is 1. The van der Waals surface area contributed by atoms with E-state index >= 15 is 0 Å². The van der Waals surface area contributed by atoms with Gasteiger partial charge in [-0.3, -0.25) is 0 Å². The number of para-hydroxylation sites is 2. The molecule has 4 heteroatoms. The van der Waals surface area contributed by atoms with E-state index in [1.54, 1.807) is 0 Å². The van der Waals surface area contributed by atoms with E-state index in [1.807, 2.05) is 0 Å². The Morgan fingerprint density at radius 2 is 1.43 bits per heavy atom. The summed E-state index contributed by atoms with van der Waals surface area (Å²) in [5, 5.41) is 0. The van der Waals surface area contributed by atoms with Crippen LogP contribution < -0.4 is 17.0 Å². The second kappa shape index (κ2) is 7.53. The van der Waals surface area contributed by atoms with E-state index in [2.05, 4.69) is 106 Å². The van der Waals surface area contributed by atoms with Gasteiger partial charge >= 0.3 is 5.78 Å². The molecule has 0 bridgehead atoms. The number of halogens is 1. The zero-order valence-corrected chi connectivity index (χ0v) is 16.5. The molecule has 0 amide bonds. The predicted molar refractivity (Wildman–Crippen MR) is 111 cm³/mol. The van der Waals surface area contributed by atoms with E-state index in [9.17, 15) is 0 Å². The van der Waals surface area contributed by atoms with Gasteiger partial charge in [-0.2, -0.15) is 4.40 Å². The van der Waals surface area contributed by atoms with Crippen molar-refractivity contribution in [2.24, 2.45) is 0 Å². The van der Waals surface area contributed by atoms with Crippen molar-refractivity contribution in [2.45, 2.75) is 19.9 Å². The van der Waals surface area contributed by atoms with Gasteiger partial charge in [0.25, 0.3) is 0 Å². The normalized spacial score (nSPS) is 11.0. The maximum absolute atomic E-state index is 3.64. The van der Waals surface area contributed by atoms with Crippen LogP contribution in [0.3, 0.4) is 0 Å². The second-order valence-corrected chi connectivity index (χ2v) is 6.95. The molecule has 0 saturated heterocycles. The van der Waals surface area contributed by atoms with Gasteiger partial charge in [0, 0.05) is 5.56 Å². The molecule has 0 saturated carbocycles. The number of benzene rings is 3. The van der Waals surface area contributed by atoms with Crippen LogP contribution in [-0.4, -0.2) is 9.38 Å². The summed E-state index contributed by atoms with van der Waals surface area (Å²) in [6.07, 6.45) is 3.32. The third-order valence-corrected chi connectivity index (χ3v) is 5.17. The van der Waals surface area contributed by atoms with E-state index in [1.165, 1.54) is 27.7 Å². The molecule has 0 unspecified atom stereocenters. The molecule has 2 heterocycles. The van der Waals surface area contributed by atoms with Crippen molar-refractivity contribution in [3.05, 3.63) is 85.1 Å². The van der Waals surface area contributed by atoms with Gasteiger partial charge in [0.1, 0.15) is 22.9 Å². The highest BCUT2D eigenvalue weighted by Crippen LogP contribution is 2.25. The SMILES string of the molecule is CCC[n+]1c2ccccc2n2cc(-c3ccc(-c4ccccc4)cc3)[nH]c21.[Cl-]. The van der Waals surface area contributed by atoms with Crippen LogP contribution in [0.4, 0.5) is 0 Å². The van der Waals surface area contributed by atoms with Gasteiger partial charge in [-0.25, -0.2) is 9.55 Å². The van der Waals surface area contributed by atoms with Crippen LogP contribution in [-0.2, 0) is 6.54 Å². The molecule has 5 rings (SSSR count). The summed E-state index contributed by atoms with van der Waals surface area (Å²) >= 11 is 0. The maximum Gasteiger partial charge on any atom is 0.368 e. The highest BCUT2D eigenvalue weighted by atomic mass is 35.5. The standard InChI is InChI=1S/C24H21N3.ClH/c1-2-16-26-22-10-6-7-11-23(22)27-17-21(25-24(26)27)20-14-12-19(13-15-20)18-8-4-3-5-9-18;/h3-15,17H,2,16H2,1H3;1H. The lowest BCUT2D eigenvalue weighted by atomic mass is 10.0. The first-order valence-electron chi connectivity index (χ1n) is 9.52. The van der Waals surface area contributed by atoms with Crippen LogP contribution >= 0.6 is 0 Å². The molecule has 0 aliphatic carbocycles. The third kappa shape index (κ3) is 2.98. The fourth-order valence-corrected chi connectivity index (χ4v) is 3.86. The Labute approximate surface area is 170 Å².